The van der Waals surface area contributed by atoms with Gasteiger partial charge >= 0.3 is 12.1 Å². The van der Waals surface area contributed by atoms with Gasteiger partial charge in [0.05, 0.1) is 6.20 Å². The maximum Gasteiger partial charge on any atom is 0.490 e. The van der Waals surface area contributed by atoms with Crippen LogP contribution in [-0.4, -0.2) is 107 Å². The van der Waals surface area contributed by atoms with Gasteiger partial charge in [-0.1, -0.05) is 44.0 Å². The summed E-state index contributed by atoms with van der Waals surface area (Å²) in [5, 5.41) is 18.2. The number of nitrogens with zero attached hydrogens (tertiary/aromatic N) is 7. The van der Waals surface area contributed by atoms with Gasteiger partial charge in [-0.25, -0.2) is 9.78 Å². The van der Waals surface area contributed by atoms with Crippen LogP contribution in [0.15, 0.2) is 30.5 Å². The van der Waals surface area contributed by atoms with Crippen LogP contribution in [0.25, 0.3) is 0 Å². The second-order valence-corrected chi connectivity index (χ2v) is 12.2. The number of hydrogen-bond donors (Lipinski definition) is 2. The molecule has 0 bridgehead atoms. The highest BCUT2D eigenvalue weighted by atomic mass is 35.5. The number of piperidine rings is 1. The average molecular weight is 667 g/mol. The van der Waals surface area contributed by atoms with E-state index in [0.29, 0.717) is 17.9 Å². The second kappa shape index (κ2) is 18.0. The molecule has 0 radical (unpaired) electrons. The third-order valence-electron chi connectivity index (χ3n) is 7.59. The highest BCUT2D eigenvalue weighted by Crippen LogP contribution is 2.22. The molecule has 2 aliphatic rings. The predicted octanol–water partition coefficient (Wildman–Crippen LogP) is 4.44. The predicted molar refractivity (Wildman–Crippen MR) is 168 cm³/mol. The number of aromatic nitrogens is 2. The number of carbonyl (C=O) groups excluding carboxylic acids is 1. The number of piperazine rings is 1. The number of carbonyl (C=O) groups is 2. The zero-order chi connectivity index (χ0) is 33.7. The number of carboxylic acid groups (broad SMARTS) is 1. The van der Waals surface area contributed by atoms with Crippen LogP contribution in [0.1, 0.15) is 61.3 Å². The molecule has 0 saturated carbocycles. The molecular formula is C31H42ClF3N8O3. The zero-order valence-electron chi connectivity index (χ0n) is 26.3. The number of nitrogens with one attached hydrogen (secondary N) is 1. The third kappa shape index (κ3) is 12.4. The lowest BCUT2D eigenvalue weighted by atomic mass is 10.1. The van der Waals surface area contributed by atoms with Crippen LogP contribution < -0.4 is 10.4 Å². The summed E-state index contributed by atoms with van der Waals surface area (Å²) in [5.74, 6) is -2.48. The Morgan fingerprint density at radius 2 is 1.59 bits per heavy atom. The molecule has 1 amide bonds. The smallest absolute Gasteiger partial charge is 0.475 e. The minimum Gasteiger partial charge on any atom is -0.475 e. The molecule has 2 fully saturated rings. The lowest BCUT2D eigenvalue weighted by Crippen LogP contribution is -2.46. The number of nitriles is 1. The molecule has 0 spiro atoms. The number of likely N-dealkylation sites (tertiary alicyclic amines) is 1. The van der Waals surface area contributed by atoms with Gasteiger partial charge in [-0.3, -0.25) is 20.1 Å². The number of aliphatic carboxylic acids is 1. The molecule has 11 nitrogen and oxygen atoms in total. The Morgan fingerprint density at radius 1 is 1.02 bits per heavy atom. The summed E-state index contributed by atoms with van der Waals surface area (Å²) in [4.78, 5) is 37.8. The normalized spacial score (nSPS) is 16.3. The molecule has 3 heterocycles. The van der Waals surface area contributed by atoms with Crippen LogP contribution in [0.2, 0.25) is 5.02 Å². The minimum atomic E-state index is -5.08. The fraction of sp³-hybridized carbons (Fsp3) is 0.581. The number of benzene rings is 1. The first-order chi connectivity index (χ1) is 21.8. The van der Waals surface area contributed by atoms with Crippen molar-refractivity contribution in [1.29, 1.82) is 5.26 Å². The standard InChI is InChI=1S/C29H41ClN8O.C2HF3O2/c1-23(2)21-38(28-26(30)20-32-27(19-31)33-28)34-29(39)25-9-7-24(8-10-25)22-37-17-15-36(16-18-37)14-6-13-35-11-4-3-5-12-35;3-2(4,5)1(6)7/h7-10,20,23H,3-6,11-18,21-22H2,1-2H3,(H,34,39);(H,6,7). The van der Waals surface area contributed by atoms with Crippen molar-refractivity contribution in [1.82, 2.24) is 30.1 Å². The zero-order valence-corrected chi connectivity index (χ0v) is 27.0. The summed E-state index contributed by atoms with van der Waals surface area (Å²) >= 11 is 6.30. The van der Waals surface area contributed by atoms with Gasteiger partial charge in [-0.05, 0) is 69.1 Å². The van der Waals surface area contributed by atoms with Crippen molar-refractivity contribution in [3.05, 3.63) is 52.4 Å². The van der Waals surface area contributed by atoms with E-state index < -0.39 is 12.1 Å². The molecule has 0 atom stereocenters. The monoisotopic (exact) mass is 666 g/mol. The van der Waals surface area contributed by atoms with Crippen LogP contribution in [0.5, 0.6) is 0 Å². The van der Waals surface area contributed by atoms with Crippen LogP contribution in [0, 0.1) is 17.2 Å². The lowest BCUT2D eigenvalue weighted by molar-refractivity contribution is -0.192. The first-order valence-corrected chi connectivity index (χ1v) is 15.8. The minimum absolute atomic E-state index is 0.0000400. The van der Waals surface area contributed by atoms with Crippen molar-refractivity contribution in [3.63, 3.8) is 0 Å². The summed E-state index contributed by atoms with van der Waals surface area (Å²) in [7, 11) is 0. The summed E-state index contributed by atoms with van der Waals surface area (Å²) in [6, 6.07) is 9.69. The molecule has 0 aliphatic carbocycles. The molecule has 2 aromatic rings. The van der Waals surface area contributed by atoms with Gasteiger partial charge in [-0.2, -0.15) is 23.4 Å². The van der Waals surface area contributed by atoms with E-state index in [4.69, 9.17) is 21.5 Å². The second-order valence-electron chi connectivity index (χ2n) is 11.8. The molecule has 2 saturated heterocycles. The van der Waals surface area contributed by atoms with E-state index in [9.17, 15) is 23.2 Å². The fourth-order valence-corrected chi connectivity index (χ4v) is 5.42. The fourth-order valence-electron chi connectivity index (χ4n) is 5.23. The van der Waals surface area contributed by atoms with Crippen LogP contribution in [0.3, 0.4) is 0 Å². The Kier molecular flexibility index (Phi) is 14.5. The number of hydrazine groups is 1. The molecule has 1 aromatic carbocycles. The number of carboxylic acids is 1. The van der Waals surface area contributed by atoms with E-state index >= 15 is 0 Å². The first-order valence-electron chi connectivity index (χ1n) is 15.4. The highest BCUT2D eigenvalue weighted by Gasteiger charge is 2.38. The van der Waals surface area contributed by atoms with Crippen molar-refractivity contribution < 1.29 is 27.9 Å². The molecule has 1 aromatic heterocycles. The molecule has 2 aliphatic heterocycles. The summed E-state index contributed by atoms with van der Waals surface area (Å²) in [6.45, 7) is 14.8. The Labute approximate surface area is 272 Å². The maximum absolute atomic E-state index is 13.1. The van der Waals surface area contributed by atoms with Gasteiger partial charge < -0.3 is 14.9 Å². The lowest BCUT2D eigenvalue weighted by Gasteiger charge is -2.35. The summed E-state index contributed by atoms with van der Waals surface area (Å²) < 4.78 is 31.7. The molecule has 2 N–H and O–H groups in total. The van der Waals surface area contributed by atoms with Crippen molar-refractivity contribution in [2.24, 2.45) is 5.92 Å². The topological polar surface area (TPSA) is 129 Å². The molecule has 252 valence electrons. The number of amides is 1. The number of rotatable bonds is 11. The Hall–Kier alpha value is -3.51. The van der Waals surface area contributed by atoms with Crippen LogP contribution in [0.4, 0.5) is 19.0 Å². The Morgan fingerprint density at radius 3 is 2.13 bits per heavy atom. The number of alkyl halides is 3. The number of anilines is 1. The van der Waals surface area contributed by atoms with Gasteiger partial charge in [0.2, 0.25) is 5.82 Å². The molecule has 0 unspecified atom stereocenters. The van der Waals surface area contributed by atoms with Crippen molar-refractivity contribution in [2.75, 3.05) is 63.9 Å². The number of hydrogen-bond acceptors (Lipinski definition) is 9. The first kappa shape index (κ1) is 37.0. The molecular weight excluding hydrogens is 625 g/mol. The van der Waals surface area contributed by atoms with E-state index in [-0.39, 0.29) is 22.7 Å². The summed E-state index contributed by atoms with van der Waals surface area (Å²) in [6.07, 6.45) is 1.69. The molecule has 15 heteroatoms. The quantitative estimate of drug-likeness (QED) is 0.332. The van der Waals surface area contributed by atoms with E-state index in [2.05, 4.69) is 30.1 Å². The third-order valence-corrected chi connectivity index (χ3v) is 7.86. The largest absolute Gasteiger partial charge is 0.490 e. The van der Waals surface area contributed by atoms with E-state index in [0.717, 1.165) is 32.7 Å². The van der Waals surface area contributed by atoms with E-state index in [1.165, 1.54) is 63.6 Å². The van der Waals surface area contributed by atoms with E-state index in [1.807, 2.05) is 44.2 Å². The highest BCUT2D eigenvalue weighted by molar-refractivity contribution is 6.32. The van der Waals surface area contributed by atoms with Gasteiger partial charge in [-0.15, -0.1) is 0 Å². The van der Waals surface area contributed by atoms with Crippen LogP contribution >= 0.6 is 11.6 Å². The van der Waals surface area contributed by atoms with E-state index in [1.54, 1.807) is 5.01 Å². The van der Waals surface area contributed by atoms with Crippen molar-refractivity contribution in [3.8, 4) is 6.07 Å². The summed E-state index contributed by atoms with van der Waals surface area (Å²) in [5.41, 5.74) is 4.66. The van der Waals surface area contributed by atoms with Gasteiger partial charge in [0, 0.05) is 44.8 Å². The Balaban J connectivity index is 0.000000738. The maximum atomic E-state index is 13.1. The molecule has 46 heavy (non-hydrogen) atoms. The average Bonchev–Trinajstić information content (AvgIpc) is 3.02. The van der Waals surface area contributed by atoms with Gasteiger partial charge in [0.1, 0.15) is 11.1 Å². The van der Waals surface area contributed by atoms with Crippen LogP contribution in [-0.2, 0) is 11.3 Å². The van der Waals surface area contributed by atoms with Gasteiger partial charge in [0.25, 0.3) is 5.91 Å². The van der Waals surface area contributed by atoms with Crippen molar-refractivity contribution >= 4 is 29.3 Å². The van der Waals surface area contributed by atoms with Gasteiger partial charge in [0.15, 0.2) is 5.82 Å². The van der Waals surface area contributed by atoms with Crippen molar-refractivity contribution in [2.45, 2.75) is 52.3 Å². The Bertz CT molecular complexity index is 1310. The number of halogens is 4. The SMILES string of the molecule is CC(C)CN(NC(=O)c1ccc(CN2CCN(CCCN3CCCCC3)CC2)cc1)c1nc(C#N)ncc1Cl.O=C(O)C(F)(F)F. The molecule has 4 rings (SSSR count).